The van der Waals surface area contributed by atoms with Gasteiger partial charge in [0.15, 0.2) is 0 Å². The highest BCUT2D eigenvalue weighted by molar-refractivity contribution is 5.52. The van der Waals surface area contributed by atoms with Crippen LogP contribution in [0.4, 0.5) is 10.1 Å². The average Bonchev–Trinajstić information content (AvgIpc) is 2.64. The summed E-state index contributed by atoms with van der Waals surface area (Å²) in [7, 11) is 0. The van der Waals surface area contributed by atoms with Gasteiger partial charge in [-0.05, 0) is 38.0 Å². The van der Waals surface area contributed by atoms with E-state index < -0.39 is 0 Å². The molecule has 1 fully saturated rings. The number of halogens is 1. The Balaban J connectivity index is 2.33. The van der Waals surface area contributed by atoms with Crippen LogP contribution in [0.3, 0.4) is 0 Å². The number of nitrogens with zero attached hydrogens (tertiary/aromatic N) is 2. The first-order valence-electron chi connectivity index (χ1n) is 5.18. The topological polar surface area (TPSA) is 27.0 Å². The molecule has 1 atom stereocenters. The molecule has 0 saturated carbocycles. The van der Waals surface area contributed by atoms with E-state index in [9.17, 15) is 4.39 Å². The van der Waals surface area contributed by atoms with Gasteiger partial charge in [0.1, 0.15) is 5.82 Å². The normalized spacial score (nSPS) is 20.3. The van der Waals surface area contributed by atoms with Gasteiger partial charge in [0.2, 0.25) is 0 Å². The Hall–Kier alpha value is -1.56. The van der Waals surface area contributed by atoms with E-state index in [-0.39, 0.29) is 5.82 Å². The van der Waals surface area contributed by atoms with Crippen molar-refractivity contribution in [3.8, 4) is 6.07 Å². The van der Waals surface area contributed by atoms with Crippen LogP contribution in [-0.4, -0.2) is 12.6 Å². The molecule has 1 aromatic carbocycles. The molecular weight excluding hydrogens is 191 g/mol. The molecule has 3 heteroatoms. The summed E-state index contributed by atoms with van der Waals surface area (Å²) >= 11 is 0. The van der Waals surface area contributed by atoms with E-state index in [1.54, 1.807) is 12.1 Å². The molecule has 2 rings (SSSR count). The second kappa shape index (κ2) is 3.90. The third kappa shape index (κ3) is 1.80. The molecule has 1 aliphatic heterocycles. The first-order chi connectivity index (χ1) is 7.22. The van der Waals surface area contributed by atoms with Gasteiger partial charge in [0.25, 0.3) is 0 Å². The molecule has 0 aromatic heterocycles. The lowest BCUT2D eigenvalue weighted by Crippen LogP contribution is -2.27. The van der Waals surface area contributed by atoms with Crippen LogP contribution in [0.15, 0.2) is 18.2 Å². The number of nitriles is 1. The number of benzene rings is 1. The van der Waals surface area contributed by atoms with Gasteiger partial charge >= 0.3 is 0 Å². The van der Waals surface area contributed by atoms with Crippen molar-refractivity contribution in [3.05, 3.63) is 29.6 Å². The lowest BCUT2D eigenvalue weighted by Gasteiger charge is -2.24. The van der Waals surface area contributed by atoms with Crippen LogP contribution in [0.5, 0.6) is 0 Å². The first kappa shape index (κ1) is 9.97. The van der Waals surface area contributed by atoms with Gasteiger partial charge in [-0.2, -0.15) is 5.26 Å². The van der Waals surface area contributed by atoms with Gasteiger partial charge in [-0.1, -0.05) is 0 Å². The predicted octanol–water partition coefficient (Wildman–Crippen LogP) is 2.69. The van der Waals surface area contributed by atoms with Crippen LogP contribution in [-0.2, 0) is 0 Å². The maximum Gasteiger partial charge on any atom is 0.147 e. The lowest BCUT2D eigenvalue weighted by molar-refractivity contribution is 0.613. The standard InChI is InChI=1S/C12H13FN2/c1-9-3-2-6-15(9)12-5-4-10(8-14)7-11(12)13/h4-5,7,9H,2-3,6H2,1H3. The van der Waals surface area contributed by atoms with E-state index in [2.05, 4.69) is 11.8 Å². The number of anilines is 1. The van der Waals surface area contributed by atoms with Gasteiger partial charge in [-0.25, -0.2) is 4.39 Å². The molecule has 0 amide bonds. The van der Waals surface area contributed by atoms with Gasteiger partial charge in [0.05, 0.1) is 17.3 Å². The zero-order valence-electron chi connectivity index (χ0n) is 8.70. The Morgan fingerprint density at radius 2 is 2.33 bits per heavy atom. The smallest absolute Gasteiger partial charge is 0.147 e. The molecule has 1 aromatic rings. The summed E-state index contributed by atoms with van der Waals surface area (Å²) in [4.78, 5) is 2.07. The molecule has 2 nitrogen and oxygen atoms in total. The number of hydrogen-bond acceptors (Lipinski definition) is 2. The van der Waals surface area contributed by atoms with E-state index in [1.165, 1.54) is 6.07 Å². The summed E-state index contributed by atoms with van der Waals surface area (Å²) in [5, 5.41) is 8.64. The van der Waals surface area contributed by atoms with Crippen molar-refractivity contribution in [2.24, 2.45) is 0 Å². The highest BCUT2D eigenvalue weighted by atomic mass is 19.1. The monoisotopic (exact) mass is 204 g/mol. The van der Waals surface area contributed by atoms with E-state index in [4.69, 9.17) is 5.26 Å². The third-order valence-corrected chi connectivity index (χ3v) is 2.94. The van der Waals surface area contributed by atoms with E-state index in [0.29, 0.717) is 17.3 Å². The fourth-order valence-electron chi connectivity index (χ4n) is 2.10. The molecule has 1 saturated heterocycles. The molecule has 0 N–H and O–H groups in total. The molecular formula is C12H13FN2. The molecule has 0 bridgehead atoms. The van der Waals surface area contributed by atoms with Crippen LogP contribution in [0, 0.1) is 17.1 Å². The van der Waals surface area contributed by atoms with Crippen LogP contribution in [0.1, 0.15) is 25.3 Å². The van der Waals surface area contributed by atoms with Crippen molar-refractivity contribution in [3.63, 3.8) is 0 Å². The van der Waals surface area contributed by atoms with Crippen LogP contribution < -0.4 is 4.90 Å². The van der Waals surface area contributed by atoms with Crippen molar-refractivity contribution in [1.82, 2.24) is 0 Å². The Labute approximate surface area is 88.9 Å². The van der Waals surface area contributed by atoms with Gasteiger partial charge in [0, 0.05) is 12.6 Å². The molecule has 0 aliphatic carbocycles. The van der Waals surface area contributed by atoms with E-state index in [0.717, 1.165) is 19.4 Å². The minimum absolute atomic E-state index is 0.289. The summed E-state index contributed by atoms with van der Waals surface area (Å²) in [5.41, 5.74) is 1.00. The van der Waals surface area contributed by atoms with E-state index in [1.807, 2.05) is 6.07 Å². The van der Waals surface area contributed by atoms with Crippen molar-refractivity contribution in [2.45, 2.75) is 25.8 Å². The average molecular weight is 204 g/mol. The van der Waals surface area contributed by atoms with E-state index >= 15 is 0 Å². The largest absolute Gasteiger partial charge is 0.366 e. The van der Waals surface area contributed by atoms with Crippen molar-refractivity contribution < 1.29 is 4.39 Å². The zero-order chi connectivity index (χ0) is 10.8. The Morgan fingerprint density at radius 1 is 1.53 bits per heavy atom. The molecule has 0 spiro atoms. The Morgan fingerprint density at radius 3 is 2.87 bits per heavy atom. The van der Waals surface area contributed by atoms with Crippen LogP contribution >= 0.6 is 0 Å². The zero-order valence-corrected chi connectivity index (χ0v) is 8.70. The van der Waals surface area contributed by atoms with Crippen molar-refractivity contribution in [2.75, 3.05) is 11.4 Å². The fourth-order valence-corrected chi connectivity index (χ4v) is 2.10. The SMILES string of the molecule is CC1CCCN1c1ccc(C#N)cc1F. The van der Waals surface area contributed by atoms with Crippen molar-refractivity contribution >= 4 is 5.69 Å². The third-order valence-electron chi connectivity index (χ3n) is 2.94. The molecule has 1 aliphatic rings. The van der Waals surface area contributed by atoms with Gasteiger partial charge in [-0.3, -0.25) is 0 Å². The van der Waals surface area contributed by atoms with Crippen LogP contribution in [0.2, 0.25) is 0 Å². The Bertz CT molecular complexity index is 409. The summed E-state index contributed by atoms with van der Waals surface area (Å²) in [6.07, 6.45) is 2.22. The quantitative estimate of drug-likeness (QED) is 0.703. The minimum Gasteiger partial charge on any atom is -0.366 e. The summed E-state index contributed by atoms with van der Waals surface area (Å²) in [5.74, 6) is -0.289. The summed E-state index contributed by atoms with van der Waals surface area (Å²) < 4.78 is 13.7. The summed E-state index contributed by atoms with van der Waals surface area (Å²) in [6, 6.07) is 7.01. The molecule has 78 valence electrons. The first-order valence-corrected chi connectivity index (χ1v) is 5.18. The maximum atomic E-state index is 13.7. The predicted molar refractivity (Wildman–Crippen MR) is 57.2 cm³/mol. The van der Waals surface area contributed by atoms with Gasteiger partial charge in [-0.15, -0.1) is 0 Å². The second-order valence-corrected chi connectivity index (χ2v) is 3.96. The number of hydrogen-bond donors (Lipinski definition) is 0. The minimum atomic E-state index is -0.289. The second-order valence-electron chi connectivity index (χ2n) is 3.96. The molecule has 1 heterocycles. The lowest BCUT2D eigenvalue weighted by atomic mass is 10.2. The molecule has 15 heavy (non-hydrogen) atoms. The fraction of sp³-hybridized carbons (Fsp3) is 0.417. The van der Waals surface area contributed by atoms with Gasteiger partial charge < -0.3 is 4.90 Å². The Kier molecular flexibility index (Phi) is 2.59. The summed E-state index contributed by atoms with van der Waals surface area (Å²) in [6.45, 7) is 3.01. The number of rotatable bonds is 1. The maximum absolute atomic E-state index is 13.7. The molecule has 0 radical (unpaired) electrons. The van der Waals surface area contributed by atoms with Crippen molar-refractivity contribution in [1.29, 1.82) is 5.26 Å². The highest BCUT2D eigenvalue weighted by Crippen LogP contribution is 2.28. The van der Waals surface area contributed by atoms with Crippen LogP contribution in [0.25, 0.3) is 0 Å². The molecule has 1 unspecified atom stereocenters. The highest BCUT2D eigenvalue weighted by Gasteiger charge is 2.22.